The molecule has 0 saturated heterocycles. The van der Waals surface area contributed by atoms with E-state index < -0.39 is 8.32 Å². The molecule has 0 rings (SSSR count). The summed E-state index contributed by atoms with van der Waals surface area (Å²) in [5, 5.41) is 0.240. The van der Waals surface area contributed by atoms with Gasteiger partial charge in [-0.1, -0.05) is 55.5 Å². The maximum atomic E-state index is 6.40. The van der Waals surface area contributed by atoms with Gasteiger partial charge in [-0.2, -0.15) is 0 Å². The normalized spacial score (nSPS) is 16.4. The summed E-state index contributed by atoms with van der Waals surface area (Å²) in [6.07, 6.45) is 5.18. The van der Waals surface area contributed by atoms with Crippen LogP contribution in [0.3, 0.4) is 0 Å². The molecular weight excluding hydrogens is 339 g/mol. The SMILES string of the molecule is C=C[C@H](CCI)[C@H](C=C)O[Si](C)(C)C(C)(C)C. The Balaban J connectivity index is 4.80. The van der Waals surface area contributed by atoms with Crippen molar-refractivity contribution in [1.29, 1.82) is 0 Å². The Labute approximate surface area is 122 Å². The summed E-state index contributed by atoms with van der Waals surface area (Å²) in [7, 11) is -1.72. The van der Waals surface area contributed by atoms with Crippen LogP contribution in [0.25, 0.3) is 0 Å². The number of rotatable bonds is 7. The summed E-state index contributed by atoms with van der Waals surface area (Å²) in [6.45, 7) is 19.2. The molecule has 0 aromatic carbocycles. The minimum Gasteiger partial charge on any atom is -0.410 e. The molecule has 0 aliphatic carbocycles. The van der Waals surface area contributed by atoms with E-state index in [2.05, 4.69) is 69.6 Å². The molecule has 0 fully saturated rings. The monoisotopic (exact) mass is 366 g/mol. The van der Waals surface area contributed by atoms with Crippen molar-refractivity contribution in [3.63, 3.8) is 0 Å². The van der Waals surface area contributed by atoms with Gasteiger partial charge in [-0.25, -0.2) is 0 Å². The summed E-state index contributed by atoms with van der Waals surface area (Å²) in [4.78, 5) is 0. The van der Waals surface area contributed by atoms with Crippen molar-refractivity contribution in [3.05, 3.63) is 25.3 Å². The van der Waals surface area contributed by atoms with E-state index in [9.17, 15) is 0 Å². The molecule has 0 aliphatic heterocycles. The number of halogens is 1. The van der Waals surface area contributed by atoms with Gasteiger partial charge in [0, 0.05) is 10.3 Å². The van der Waals surface area contributed by atoms with E-state index in [4.69, 9.17) is 4.43 Å². The average molecular weight is 366 g/mol. The number of alkyl halides is 1. The van der Waals surface area contributed by atoms with Crippen molar-refractivity contribution < 1.29 is 4.43 Å². The molecular formula is C14H27IOSi. The van der Waals surface area contributed by atoms with Crippen molar-refractivity contribution in [1.82, 2.24) is 0 Å². The molecule has 2 atom stereocenters. The number of hydrogen-bond acceptors (Lipinski definition) is 1. The Bertz CT molecular complexity index is 255. The van der Waals surface area contributed by atoms with E-state index in [0.717, 1.165) is 10.8 Å². The Morgan fingerprint density at radius 2 is 1.76 bits per heavy atom. The van der Waals surface area contributed by atoms with Crippen LogP contribution in [0.1, 0.15) is 27.2 Å². The molecule has 0 bridgehead atoms. The van der Waals surface area contributed by atoms with Gasteiger partial charge in [0.05, 0.1) is 6.10 Å². The van der Waals surface area contributed by atoms with E-state index in [-0.39, 0.29) is 11.1 Å². The van der Waals surface area contributed by atoms with Gasteiger partial charge in [-0.3, -0.25) is 0 Å². The molecule has 0 aromatic rings. The van der Waals surface area contributed by atoms with Gasteiger partial charge in [0.25, 0.3) is 0 Å². The quantitative estimate of drug-likeness (QED) is 0.261. The Hall–Kier alpha value is 0.387. The molecule has 3 heteroatoms. The van der Waals surface area contributed by atoms with Gasteiger partial charge in [0.15, 0.2) is 8.32 Å². The first-order chi connectivity index (χ1) is 7.69. The average Bonchev–Trinajstić information content (AvgIpc) is 2.21. The molecule has 0 spiro atoms. The van der Waals surface area contributed by atoms with Crippen LogP contribution < -0.4 is 0 Å². The van der Waals surface area contributed by atoms with E-state index in [1.54, 1.807) is 0 Å². The minimum absolute atomic E-state index is 0.114. The third-order valence-corrected chi connectivity index (χ3v) is 8.73. The lowest BCUT2D eigenvalue weighted by atomic mass is 10.0. The molecule has 0 heterocycles. The smallest absolute Gasteiger partial charge is 0.192 e. The van der Waals surface area contributed by atoms with Crippen LogP contribution in [0.2, 0.25) is 18.1 Å². The second kappa shape index (κ2) is 7.09. The van der Waals surface area contributed by atoms with Crippen molar-refractivity contribution >= 4 is 30.9 Å². The molecule has 0 unspecified atom stereocenters. The predicted molar refractivity (Wildman–Crippen MR) is 89.5 cm³/mol. The molecule has 100 valence electrons. The zero-order valence-electron chi connectivity index (χ0n) is 11.9. The summed E-state index contributed by atoms with van der Waals surface area (Å²) in [6, 6.07) is 0. The third kappa shape index (κ3) is 5.26. The zero-order valence-corrected chi connectivity index (χ0v) is 15.1. The topological polar surface area (TPSA) is 9.23 Å². The van der Waals surface area contributed by atoms with Gasteiger partial charge in [-0.15, -0.1) is 13.2 Å². The van der Waals surface area contributed by atoms with Crippen molar-refractivity contribution in [2.75, 3.05) is 4.43 Å². The minimum atomic E-state index is -1.72. The predicted octanol–water partition coefficient (Wildman–Crippen LogP) is 5.19. The van der Waals surface area contributed by atoms with Gasteiger partial charge in [0.1, 0.15) is 0 Å². The zero-order chi connectivity index (χ0) is 13.7. The highest BCUT2D eigenvalue weighted by Gasteiger charge is 2.39. The largest absolute Gasteiger partial charge is 0.410 e. The Kier molecular flexibility index (Phi) is 7.25. The van der Waals surface area contributed by atoms with Crippen LogP contribution in [-0.2, 0) is 4.43 Å². The highest BCUT2D eigenvalue weighted by atomic mass is 127. The Morgan fingerprint density at radius 3 is 2.06 bits per heavy atom. The third-order valence-electron chi connectivity index (χ3n) is 3.64. The lowest BCUT2D eigenvalue weighted by molar-refractivity contribution is 0.181. The standard InChI is InChI=1S/C14H27IOSi/c1-8-12(10-11-15)13(9-2)16-17(6,7)14(3,4)5/h8-9,12-13H,1-2,10-11H2,3-7H3/t12-,13+/m1/s1. The van der Waals surface area contributed by atoms with Gasteiger partial charge >= 0.3 is 0 Å². The maximum absolute atomic E-state index is 6.40. The Morgan fingerprint density at radius 1 is 1.24 bits per heavy atom. The molecule has 0 amide bonds. The second-order valence-corrected chi connectivity index (χ2v) is 11.8. The van der Waals surface area contributed by atoms with Gasteiger partial charge < -0.3 is 4.43 Å². The molecule has 17 heavy (non-hydrogen) atoms. The lowest BCUT2D eigenvalue weighted by Crippen LogP contribution is -2.45. The molecule has 0 aromatic heterocycles. The summed E-state index contributed by atoms with van der Waals surface area (Å²) in [5.41, 5.74) is 0. The van der Waals surface area contributed by atoms with Crippen molar-refractivity contribution in [3.8, 4) is 0 Å². The summed E-state index contributed by atoms with van der Waals surface area (Å²) >= 11 is 2.40. The number of hydrogen-bond donors (Lipinski definition) is 0. The maximum Gasteiger partial charge on any atom is 0.192 e. The van der Waals surface area contributed by atoms with Crippen LogP contribution in [-0.4, -0.2) is 18.8 Å². The highest BCUT2D eigenvalue weighted by Crippen LogP contribution is 2.38. The summed E-state index contributed by atoms with van der Waals surface area (Å²) < 4.78 is 7.53. The second-order valence-electron chi connectivity index (χ2n) is 5.96. The molecule has 0 aliphatic rings. The van der Waals surface area contributed by atoms with E-state index >= 15 is 0 Å². The van der Waals surface area contributed by atoms with Crippen LogP contribution in [0.15, 0.2) is 25.3 Å². The fourth-order valence-corrected chi connectivity index (χ4v) is 3.39. The van der Waals surface area contributed by atoms with E-state index in [0.29, 0.717) is 5.92 Å². The summed E-state index contributed by atoms with van der Waals surface area (Å²) in [5.74, 6) is 0.388. The fraction of sp³-hybridized carbons (Fsp3) is 0.714. The molecule has 0 N–H and O–H groups in total. The van der Waals surface area contributed by atoms with Crippen LogP contribution in [0.4, 0.5) is 0 Å². The van der Waals surface area contributed by atoms with Crippen molar-refractivity contribution in [2.45, 2.75) is 51.4 Å². The van der Waals surface area contributed by atoms with Crippen molar-refractivity contribution in [2.24, 2.45) is 5.92 Å². The van der Waals surface area contributed by atoms with Gasteiger partial charge in [0.2, 0.25) is 0 Å². The van der Waals surface area contributed by atoms with E-state index in [1.807, 2.05) is 12.2 Å². The van der Waals surface area contributed by atoms with Crippen LogP contribution in [0.5, 0.6) is 0 Å². The van der Waals surface area contributed by atoms with E-state index in [1.165, 1.54) is 0 Å². The van der Waals surface area contributed by atoms with Crippen LogP contribution >= 0.6 is 22.6 Å². The fourth-order valence-electron chi connectivity index (χ4n) is 1.37. The molecule has 1 nitrogen and oxygen atoms in total. The molecule has 0 saturated carbocycles. The molecule has 0 radical (unpaired) electrons. The first-order valence-electron chi connectivity index (χ1n) is 6.18. The van der Waals surface area contributed by atoms with Crippen LogP contribution in [0, 0.1) is 5.92 Å². The first kappa shape index (κ1) is 17.4. The lowest BCUT2D eigenvalue weighted by Gasteiger charge is -2.40. The van der Waals surface area contributed by atoms with Gasteiger partial charge in [-0.05, 0) is 24.6 Å². The first-order valence-corrected chi connectivity index (χ1v) is 10.6. The highest BCUT2D eigenvalue weighted by molar-refractivity contribution is 14.1.